The zero-order chi connectivity index (χ0) is 20.4. The van der Waals surface area contributed by atoms with Gasteiger partial charge in [0.15, 0.2) is 0 Å². The number of pyridine rings is 2. The molecule has 0 aliphatic rings. The fraction of sp³-hybridized carbons (Fsp3) is 0.0909. The second-order valence-corrected chi connectivity index (χ2v) is 6.57. The van der Waals surface area contributed by atoms with Crippen molar-refractivity contribution in [1.82, 2.24) is 14.4 Å². The highest BCUT2D eigenvalue weighted by Gasteiger charge is 2.17. The molecule has 1 aromatic carbocycles. The van der Waals surface area contributed by atoms with E-state index in [1.54, 1.807) is 18.3 Å². The summed E-state index contributed by atoms with van der Waals surface area (Å²) < 4.78 is 1.48. The van der Waals surface area contributed by atoms with Crippen LogP contribution in [0.1, 0.15) is 28.9 Å². The number of anilines is 1. The molecule has 0 spiro atoms. The van der Waals surface area contributed by atoms with Gasteiger partial charge in [-0.25, -0.2) is 14.8 Å². The van der Waals surface area contributed by atoms with Crippen LogP contribution in [0.4, 0.5) is 5.82 Å². The first-order valence-electron chi connectivity index (χ1n) is 9.07. The first kappa shape index (κ1) is 18.4. The first-order chi connectivity index (χ1) is 14.0. The number of hydrogen-bond acceptors (Lipinski definition) is 5. The Morgan fingerprint density at radius 2 is 1.90 bits per heavy atom. The molecule has 1 atom stereocenters. The third-order valence-electron chi connectivity index (χ3n) is 4.65. The molecule has 3 heterocycles. The summed E-state index contributed by atoms with van der Waals surface area (Å²) in [6.07, 6.45) is 3.19. The highest BCUT2D eigenvalue weighted by molar-refractivity contribution is 5.93. The molecular weight excluding hydrogens is 368 g/mol. The van der Waals surface area contributed by atoms with Crippen molar-refractivity contribution >= 4 is 17.4 Å². The van der Waals surface area contributed by atoms with E-state index >= 15 is 0 Å². The Morgan fingerprint density at radius 1 is 1.10 bits per heavy atom. The number of aromatic carboxylic acids is 1. The van der Waals surface area contributed by atoms with Crippen molar-refractivity contribution < 1.29 is 9.90 Å². The Balaban J connectivity index is 1.81. The fourth-order valence-corrected chi connectivity index (χ4v) is 3.22. The minimum atomic E-state index is -1.06. The zero-order valence-corrected chi connectivity index (χ0v) is 15.6. The van der Waals surface area contributed by atoms with E-state index in [9.17, 15) is 14.7 Å². The van der Waals surface area contributed by atoms with Crippen molar-refractivity contribution in [3.05, 3.63) is 94.5 Å². The van der Waals surface area contributed by atoms with Gasteiger partial charge in [-0.3, -0.25) is 9.20 Å². The maximum atomic E-state index is 12.7. The third kappa shape index (κ3) is 3.58. The van der Waals surface area contributed by atoms with Crippen molar-refractivity contribution in [3.63, 3.8) is 0 Å². The highest BCUT2D eigenvalue weighted by atomic mass is 16.4. The topological polar surface area (TPSA) is 96.6 Å². The van der Waals surface area contributed by atoms with Gasteiger partial charge in [0.05, 0.1) is 11.7 Å². The molecule has 0 unspecified atom stereocenters. The highest BCUT2D eigenvalue weighted by Crippen LogP contribution is 2.24. The largest absolute Gasteiger partial charge is 0.478 e. The van der Waals surface area contributed by atoms with E-state index in [4.69, 9.17) is 4.98 Å². The fourth-order valence-electron chi connectivity index (χ4n) is 3.22. The lowest BCUT2D eigenvalue weighted by molar-refractivity contribution is 0.0697. The molecule has 7 nitrogen and oxygen atoms in total. The summed E-state index contributed by atoms with van der Waals surface area (Å²) in [6, 6.07) is 17.3. The molecule has 0 aliphatic carbocycles. The molecule has 3 aromatic heterocycles. The summed E-state index contributed by atoms with van der Waals surface area (Å²) in [6.45, 7) is 1.87. The number of carboxylic acid groups (broad SMARTS) is 1. The Hall–Kier alpha value is -4.00. The van der Waals surface area contributed by atoms with E-state index in [1.807, 2.05) is 43.3 Å². The Morgan fingerprint density at radius 3 is 2.66 bits per heavy atom. The van der Waals surface area contributed by atoms with E-state index in [0.29, 0.717) is 11.3 Å². The maximum absolute atomic E-state index is 12.7. The number of nitrogens with zero attached hydrogens (tertiary/aromatic N) is 3. The van der Waals surface area contributed by atoms with Gasteiger partial charge < -0.3 is 10.4 Å². The van der Waals surface area contributed by atoms with Crippen molar-refractivity contribution in [2.75, 3.05) is 5.32 Å². The summed E-state index contributed by atoms with van der Waals surface area (Å²) in [5, 5.41) is 12.5. The molecule has 4 rings (SSSR count). The lowest BCUT2D eigenvalue weighted by Crippen LogP contribution is -2.18. The van der Waals surface area contributed by atoms with Gasteiger partial charge in [-0.15, -0.1) is 0 Å². The van der Waals surface area contributed by atoms with Gasteiger partial charge in [0.1, 0.15) is 17.0 Å². The molecular formula is C22H18N4O3. The number of fused-ring (bicyclic) bond motifs is 1. The average molecular weight is 386 g/mol. The van der Waals surface area contributed by atoms with Crippen LogP contribution in [0.3, 0.4) is 0 Å². The Labute approximate surface area is 166 Å². The molecule has 144 valence electrons. The van der Waals surface area contributed by atoms with Gasteiger partial charge in [0, 0.05) is 29.6 Å². The summed E-state index contributed by atoms with van der Waals surface area (Å²) in [4.78, 5) is 33.0. The Kier molecular flexibility index (Phi) is 4.78. The van der Waals surface area contributed by atoms with Crippen LogP contribution in [0, 0.1) is 0 Å². The van der Waals surface area contributed by atoms with Crippen molar-refractivity contribution in [2.24, 2.45) is 0 Å². The van der Waals surface area contributed by atoms with Crippen molar-refractivity contribution in [1.29, 1.82) is 0 Å². The summed E-state index contributed by atoms with van der Waals surface area (Å²) in [5.41, 5.74) is 2.58. The first-order valence-corrected chi connectivity index (χ1v) is 9.07. The van der Waals surface area contributed by atoms with Gasteiger partial charge in [0.25, 0.3) is 5.56 Å². The van der Waals surface area contributed by atoms with E-state index in [0.717, 1.165) is 11.1 Å². The van der Waals surface area contributed by atoms with Crippen LogP contribution in [-0.2, 0) is 0 Å². The van der Waals surface area contributed by atoms with Gasteiger partial charge in [-0.05, 0) is 25.1 Å². The molecule has 0 fully saturated rings. The van der Waals surface area contributed by atoms with Crippen LogP contribution in [0.15, 0.2) is 77.9 Å². The van der Waals surface area contributed by atoms with Crippen LogP contribution in [0.25, 0.3) is 16.9 Å². The molecule has 7 heteroatoms. The van der Waals surface area contributed by atoms with Gasteiger partial charge >= 0.3 is 5.97 Å². The number of rotatable bonds is 5. The molecule has 0 radical (unpaired) electrons. The Bertz CT molecular complexity index is 1250. The lowest BCUT2D eigenvalue weighted by atomic mass is 10.1. The quantitative estimate of drug-likeness (QED) is 0.544. The molecule has 0 saturated carbocycles. The number of benzene rings is 1. The zero-order valence-electron chi connectivity index (χ0n) is 15.6. The van der Waals surface area contributed by atoms with E-state index in [1.165, 1.54) is 22.7 Å². The molecule has 0 amide bonds. The monoisotopic (exact) mass is 386 g/mol. The molecule has 0 bridgehead atoms. The predicted octanol–water partition coefficient (Wildman–Crippen LogP) is 3.63. The SMILES string of the molecule is C[C@@H](Nc1ncccc1C(=O)O)c1cccn2c(=O)cc(-c3ccccc3)nc12. The average Bonchev–Trinajstić information content (AvgIpc) is 2.74. The van der Waals surface area contributed by atoms with Crippen molar-refractivity contribution in [2.45, 2.75) is 13.0 Å². The second-order valence-electron chi connectivity index (χ2n) is 6.57. The smallest absolute Gasteiger partial charge is 0.339 e. The van der Waals surface area contributed by atoms with E-state index in [2.05, 4.69) is 10.3 Å². The predicted molar refractivity (Wildman–Crippen MR) is 110 cm³/mol. The van der Waals surface area contributed by atoms with Crippen LogP contribution < -0.4 is 10.9 Å². The van der Waals surface area contributed by atoms with Crippen LogP contribution >= 0.6 is 0 Å². The number of aromatic nitrogens is 3. The van der Waals surface area contributed by atoms with Gasteiger partial charge in [-0.1, -0.05) is 36.4 Å². The number of carboxylic acids is 1. The van der Waals surface area contributed by atoms with Crippen molar-refractivity contribution in [3.8, 4) is 11.3 Å². The number of nitrogens with one attached hydrogen (secondary N) is 1. The minimum Gasteiger partial charge on any atom is -0.478 e. The van der Waals surface area contributed by atoms with E-state index in [-0.39, 0.29) is 23.0 Å². The molecule has 0 saturated heterocycles. The summed E-state index contributed by atoms with van der Waals surface area (Å²) in [7, 11) is 0. The maximum Gasteiger partial charge on any atom is 0.339 e. The van der Waals surface area contributed by atoms with Gasteiger partial charge in [0.2, 0.25) is 0 Å². The second kappa shape index (κ2) is 7.55. The standard InChI is InChI=1S/C22H18N4O3/c1-14(24-20-17(22(28)29)9-5-11-23-20)16-10-6-12-26-19(27)13-18(25-21(16)26)15-7-3-2-4-8-15/h2-14H,1H3,(H,23,24)(H,28,29)/t14-/m1/s1. The molecule has 0 aliphatic heterocycles. The number of hydrogen-bond donors (Lipinski definition) is 2. The van der Waals surface area contributed by atoms with Crippen LogP contribution in [0.2, 0.25) is 0 Å². The molecule has 4 aromatic rings. The molecule has 2 N–H and O–H groups in total. The van der Waals surface area contributed by atoms with Crippen LogP contribution in [-0.4, -0.2) is 25.4 Å². The summed E-state index contributed by atoms with van der Waals surface area (Å²) >= 11 is 0. The number of carbonyl (C=O) groups is 1. The van der Waals surface area contributed by atoms with E-state index < -0.39 is 5.97 Å². The minimum absolute atomic E-state index is 0.0784. The third-order valence-corrected chi connectivity index (χ3v) is 4.65. The van der Waals surface area contributed by atoms with Crippen LogP contribution in [0.5, 0.6) is 0 Å². The summed E-state index contributed by atoms with van der Waals surface area (Å²) in [5.74, 6) is -0.803. The normalized spacial score (nSPS) is 11.9. The van der Waals surface area contributed by atoms with Gasteiger partial charge in [-0.2, -0.15) is 0 Å². The molecule has 29 heavy (non-hydrogen) atoms. The lowest BCUT2D eigenvalue weighted by Gasteiger charge is -2.18.